The zero-order valence-corrected chi connectivity index (χ0v) is 5.46. The molecular formula is C7H8O3. The number of carbonyl (C=O) groups excluding carboxylic acids is 1. The Labute approximate surface area is 58.4 Å². The van der Waals surface area contributed by atoms with Crippen LogP contribution in [-0.2, 0) is 9.59 Å². The van der Waals surface area contributed by atoms with Gasteiger partial charge in [-0.05, 0) is 12.8 Å². The Hall–Kier alpha value is -1.08. The fraction of sp³-hybridized carbons (Fsp3) is 0.571. The second kappa shape index (κ2) is 2.67. The Morgan fingerprint density at radius 3 is 2.80 bits per heavy atom. The number of carboxylic acid groups (broad SMARTS) is 1. The van der Waals surface area contributed by atoms with Gasteiger partial charge in [0.1, 0.15) is 5.94 Å². The summed E-state index contributed by atoms with van der Waals surface area (Å²) < 4.78 is 0. The van der Waals surface area contributed by atoms with Crippen LogP contribution in [0.25, 0.3) is 0 Å². The largest absolute Gasteiger partial charge is 0.481 e. The van der Waals surface area contributed by atoms with Crippen molar-refractivity contribution in [3.05, 3.63) is 5.57 Å². The topological polar surface area (TPSA) is 54.4 Å². The van der Waals surface area contributed by atoms with Crippen molar-refractivity contribution in [2.24, 2.45) is 5.92 Å². The molecule has 0 saturated heterocycles. The van der Waals surface area contributed by atoms with E-state index in [1.165, 1.54) is 0 Å². The van der Waals surface area contributed by atoms with E-state index in [9.17, 15) is 9.59 Å². The highest BCUT2D eigenvalue weighted by Crippen LogP contribution is 2.33. The van der Waals surface area contributed by atoms with Crippen LogP contribution in [0.5, 0.6) is 0 Å². The SMILES string of the molecule is O=C=C1CCC1CC(=O)O. The lowest BCUT2D eigenvalue weighted by Crippen LogP contribution is -2.19. The van der Waals surface area contributed by atoms with Crippen molar-refractivity contribution in [2.75, 3.05) is 0 Å². The predicted octanol–water partition coefficient (Wildman–Crippen LogP) is 0.629. The minimum Gasteiger partial charge on any atom is -0.481 e. The van der Waals surface area contributed by atoms with Crippen molar-refractivity contribution in [1.82, 2.24) is 0 Å². The normalized spacial score (nSPS) is 23.2. The maximum Gasteiger partial charge on any atom is 0.303 e. The van der Waals surface area contributed by atoms with E-state index >= 15 is 0 Å². The molecule has 1 rings (SSSR count). The molecule has 1 saturated carbocycles. The van der Waals surface area contributed by atoms with Gasteiger partial charge in [-0.25, -0.2) is 4.79 Å². The Kier molecular flexibility index (Phi) is 1.88. The van der Waals surface area contributed by atoms with E-state index in [-0.39, 0.29) is 12.3 Å². The van der Waals surface area contributed by atoms with E-state index < -0.39 is 5.97 Å². The first-order valence-corrected chi connectivity index (χ1v) is 3.19. The van der Waals surface area contributed by atoms with Gasteiger partial charge in [-0.3, -0.25) is 4.79 Å². The highest BCUT2D eigenvalue weighted by molar-refractivity contribution is 5.69. The summed E-state index contributed by atoms with van der Waals surface area (Å²) in [6.45, 7) is 0. The second-order valence-corrected chi connectivity index (χ2v) is 2.46. The van der Waals surface area contributed by atoms with E-state index in [0.717, 1.165) is 12.8 Å². The molecule has 0 aliphatic heterocycles. The first-order valence-electron chi connectivity index (χ1n) is 3.19. The van der Waals surface area contributed by atoms with Gasteiger partial charge in [0.05, 0.1) is 6.42 Å². The van der Waals surface area contributed by atoms with Crippen molar-refractivity contribution >= 4 is 11.9 Å². The molecule has 3 heteroatoms. The molecule has 0 spiro atoms. The number of rotatable bonds is 2. The zero-order chi connectivity index (χ0) is 7.56. The first-order chi connectivity index (χ1) is 4.74. The van der Waals surface area contributed by atoms with Crippen molar-refractivity contribution < 1.29 is 14.7 Å². The van der Waals surface area contributed by atoms with Gasteiger partial charge >= 0.3 is 5.97 Å². The molecule has 54 valence electrons. The Morgan fingerprint density at radius 2 is 2.50 bits per heavy atom. The lowest BCUT2D eigenvalue weighted by molar-refractivity contribution is -0.138. The fourth-order valence-electron chi connectivity index (χ4n) is 1.06. The lowest BCUT2D eigenvalue weighted by atomic mass is 9.78. The average Bonchev–Trinajstić information content (AvgIpc) is 1.82. The third kappa shape index (κ3) is 1.25. The highest BCUT2D eigenvalue weighted by atomic mass is 16.4. The standard InChI is InChI=1S/C7H8O3/c8-4-6-2-1-5(6)3-7(9)10/h5H,1-3H2,(H,9,10). The van der Waals surface area contributed by atoms with Gasteiger partial charge in [0.15, 0.2) is 0 Å². The number of allylic oxidation sites excluding steroid dienone is 1. The number of hydrogen-bond donors (Lipinski definition) is 1. The van der Waals surface area contributed by atoms with Crippen LogP contribution in [0.1, 0.15) is 19.3 Å². The van der Waals surface area contributed by atoms with E-state index in [1.54, 1.807) is 5.94 Å². The lowest BCUT2D eigenvalue weighted by Gasteiger charge is -2.24. The molecule has 0 heterocycles. The Bertz CT molecular complexity index is 201. The summed E-state index contributed by atoms with van der Waals surface area (Å²) in [5.74, 6) is 0.906. The summed E-state index contributed by atoms with van der Waals surface area (Å²) in [7, 11) is 0. The summed E-state index contributed by atoms with van der Waals surface area (Å²) in [5, 5.41) is 8.32. The first kappa shape index (κ1) is 7.03. The van der Waals surface area contributed by atoms with Crippen LogP contribution in [0.15, 0.2) is 5.57 Å². The molecule has 0 amide bonds. The molecule has 1 fully saturated rings. The van der Waals surface area contributed by atoms with Crippen molar-refractivity contribution in [2.45, 2.75) is 19.3 Å². The van der Waals surface area contributed by atoms with Gasteiger partial charge in [0.2, 0.25) is 0 Å². The smallest absolute Gasteiger partial charge is 0.303 e. The number of hydrogen-bond acceptors (Lipinski definition) is 2. The Morgan fingerprint density at radius 1 is 1.80 bits per heavy atom. The third-order valence-corrected chi connectivity index (χ3v) is 1.81. The number of carbonyl (C=O) groups is 1. The highest BCUT2D eigenvalue weighted by Gasteiger charge is 2.27. The number of carboxylic acids is 1. The van der Waals surface area contributed by atoms with Crippen LogP contribution in [0.3, 0.4) is 0 Å². The van der Waals surface area contributed by atoms with Crippen molar-refractivity contribution in [3.63, 3.8) is 0 Å². The predicted molar refractivity (Wildman–Crippen MR) is 34.2 cm³/mol. The molecule has 0 aromatic rings. The van der Waals surface area contributed by atoms with Gasteiger partial charge in [-0.1, -0.05) is 0 Å². The molecule has 0 bridgehead atoms. The maximum absolute atomic E-state index is 10.1. The van der Waals surface area contributed by atoms with Gasteiger partial charge in [-0.15, -0.1) is 0 Å². The maximum atomic E-state index is 10.1. The van der Waals surface area contributed by atoms with E-state index in [2.05, 4.69) is 0 Å². The van der Waals surface area contributed by atoms with Crippen LogP contribution in [0.4, 0.5) is 0 Å². The summed E-state index contributed by atoms with van der Waals surface area (Å²) in [6.07, 6.45) is 1.66. The van der Waals surface area contributed by atoms with Crippen LogP contribution in [-0.4, -0.2) is 17.0 Å². The van der Waals surface area contributed by atoms with Crippen LogP contribution >= 0.6 is 0 Å². The summed E-state index contributed by atoms with van der Waals surface area (Å²) in [6, 6.07) is 0. The second-order valence-electron chi connectivity index (χ2n) is 2.46. The van der Waals surface area contributed by atoms with Crippen LogP contribution in [0.2, 0.25) is 0 Å². The van der Waals surface area contributed by atoms with Gasteiger partial charge in [0, 0.05) is 11.5 Å². The molecule has 1 aliphatic carbocycles. The minimum atomic E-state index is -0.836. The average molecular weight is 140 g/mol. The third-order valence-electron chi connectivity index (χ3n) is 1.81. The van der Waals surface area contributed by atoms with E-state index in [4.69, 9.17) is 5.11 Å². The molecule has 1 atom stereocenters. The molecule has 0 aromatic carbocycles. The molecule has 0 radical (unpaired) electrons. The molecular weight excluding hydrogens is 132 g/mol. The van der Waals surface area contributed by atoms with Gasteiger partial charge in [-0.2, -0.15) is 0 Å². The van der Waals surface area contributed by atoms with E-state index in [1.807, 2.05) is 0 Å². The molecule has 1 aliphatic rings. The zero-order valence-electron chi connectivity index (χ0n) is 5.46. The quantitative estimate of drug-likeness (QED) is 0.572. The van der Waals surface area contributed by atoms with Gasteiger partial charge < -0.3 is 5.11 Å². The molecule has 3 nitrogen and oxygen atoms in total. The molecule has 1 unspecified atom stereocenters. The molecule has 1 N–H and O–H groups in total. The number of aliphatic carboxylic acids is 1. The fourth-order valence-corrected chi connectivity index (χ4v) is 1.06. The summed E-state index contributed by atoms with van der Waals surface area (Å²) >= 11 is 0. The summed E-state index contributed by atoms with van der Waals surface area (Å²) in [4.78, 5) is 20.1. The molecule has 10 heavy (non-hydrogen) atoms. The minimum absolute atomic E-state index is 0.0185. The van der Waals surface area contributed by atoms with Crippen molar-refractivity contribution in [1.29, 1.82) is 0 Å². The summed E-state index contributed by atoms with van der Waals surface area (Å²) in [5.41, 5.74) is 0.641. The van der Waals surface area contributed by atoms with E-state index in [0.29, 0.717) is 5.57 Å². The van der Waals surface area contributed by atoms with Crippen molar-refractivity contribution in [3.8, 4) is 0 Å². The van der Waals surface area contributed by atoms with Crippen LogP contribution in [0, 0.1) is 5.92 Å². The monoisotopic (exact) mass is 140 g/mol. The van der Waals surface area contributed by atoms with Crippen LogP contribution < -0.4 is 0 Å². The molecule has 0 aromatic heterocycles. The Balaban J connectivity index is 2.44. The van der Waals surface area contributed by atoms with Gasteiger partial charge in [0.25, 0.3) is 0 Å².